The van der Waals surface area contributed by atoms with Gasteiger partial charge in [0.05, 0.1) is 12.1 Å². The number of anilines is 1. The average molecular weight is 416 g/mol. The molecule has 0 aliphatic rings. The molecule has 28 heavy (non-hydrogen) atoms. The summed E-state index contributed by atoms with van der Waals surface area (Å²) in [6.07, 6.45) is 0. The van der Waals surface area contributed by atoms with Gasteiger partial charge in [0.15, 0.2) is 11.5 Å². The molecule has 0 radical (unpaired) electrons. The molecule has 0 aliphatic heterocycles. The molecule has 3 aromatic rings. The number of nitrogens with one attached hydrogen (secondary N) is 1. The largest absolute Gasteiger partial charge is 0.493 e. The van der Waals surface area contributed by atoms with E-state index in [9.17, 15) is 0 Å². The fourth-order valence-electron chi connectivity index (χ4n) is 2.88. The molecule has 0 fully saturated rings. The SMILES string of the molecule is COc1cc(CNc2cc(C)ccc2C)cc(Cl)c1OCc1ccc(Cl)cc1. The zero-order valence-electron chi connectivity index (χ0n) is 16.2. The Morgan fingerprint density at radius 3 is 2.36 bits per heavy atom. The lowest BCUT2D eigenvalue weighted by Gasteiger charge is -2.16. The number of rotatable bonds is 7. The van der Waals surface area contributed by atoms with Crippen LogP contribution >= 0.6 is 23.2 Å². The number of benzene rings is 3. The quantitative estimate of drug-likeness (QED) is 0.459. The van der Waals surface area contributed by atoms with Gasteiger partial charge in [-0.05, 0) is 66.4 Å². The first-order valence-electron chi connectivity index (χ1n) is 9.01. The molecule has 0 bridgehead atoms. The van der Waals surface area contributed by atoms with Crippen molar-refractivity contribution in [2.45, 2.75) is 27.0 Å². The molecule has 3 aromatic carbocycles. The Balaban J connectivity index is 1.73. The summed E-state index contributed by atoms with van der Waals surface area (Å²) in [6.45, 7) is 5.19. The van der Waals surface area contributed by atoms with Gasteiger partial charge in [0.1, 0.15) is 6.61 Å². The van der Waals surface area contributed by atoms with Crippen molar-refractivity contribution < 1.29 is 9.47 Å². The number of ether oxygens (including phenoxy) is 2. The zero-order valence-corrected chi connectivity index (χ0v) is 17.7. The van der Waals surface area contributed by atoms with Crippen LogP contribution in [0.25, 0.3) is 0 Å². The van der Waals surface area contributed by atoms with Crippen molar-refractivity contribution in [3.8, 4) is 11.5 Å². The van der Waals surface area contributed by atoms with Gasteiger partial charge in [-0.25, -0.2) is 0 Å². The van der Waals surface area contributed by atoms with E-state index in [1.165, 1.54) is 11.1 Å². The molecule has 0 spiro atoms. The topological polar surface area (TPSA) is 30.5 Å². The van der Waals surface area contributed by atoms with E-state index in [1.54, 1.807) is 7.11 Å². The standard InChI is InChI=1S/C23H23Cl2NO2/c1-15-4-5-16(2)21(10-15)26-13-18-11-20(25)23(22(12-18)27-3)28-14-17-6-8-19(24)9-7-17/h4-12,26H,13-14H2,1-3H3. The first-order chi connectivity index (χ1) is 13.5. The lowest BCUT2D eigenvalue weighted by Crippen LogP contribution is -2.03. The molecule has 0 unspecified atom stereocenters. The van der Waals surface area contributed by atoms with Crippen LogP contribution in [-0.4, -0.2) is 7.11 Å². The fraction of sp³-hybridized carbons (Fsp3) is 0.217. The van der Waals surface area contributed by atoms with Crippen LogP contribution in [0, 0.1) is 13.8 Å². The van der Waals surface area contributed by atoms with Crippen LogP contribution in [0.5, 0.6) is 11.5 Å². The van der Waals surface area contributed by atoms with Crippen molar-refractivity contribution in [2.24, 2.45) is 0 Å². The second kappa shape index (κ2) is 9.22. The maximum absolute atomic E-state index is 6.49. The Bertz CT molecular complexity index is 956. The maximum Gasteiger partial charge on any atom is 0.180 e. The van der Waals surface area contributed by atoms with Crippen molar-refractivity contribution in [2.75, 3.05) is 12.4 Å². The Labute approximate surface area is 176 Å². The Morgan fingerprint density at radius 2 is 1.64 bits per heavy atom. The van der Waals surface area contributed by atoms with E-state index in [0.29, 0.717) is 34.7 Å². The zero-order chi connectivity index (χ0) is 20.1. The van der Waals surface area contributed by atoms with Crippen LogP contribution in [0.15, 0.2) is 54.6 Å². The van der Waals surface area contributed by atoms with E-state index in [2.05, 4.69) is 37.4 Å². The fourth-order valence-corrected chi connectivity index (χ4v) is 3.29. The molecular weight excluding hydrogens is 393 g/mol. The van der Waals surface area contributed by atoms with Gasteiger partial charge in [-0.2, -0.15) is 0 Å². The maximum atomic E-state index is 6.49. The minimum atomic E-state index is 0.382. The molecule has 0 heterocycles. The predicted octanol–water partition coefficient (Wildman–Crippen LogP) is 6.81. The smallest absolute Gasteiger partial charge is 0.180 e. The van der Waals surface area contributed by atoms with Gasteiger partial charge < -0.3 is 14.8 Å². The number of methoxy groups -OCH3 is 1. The molecular formula is C23H23Cl2NO2. The summed E-state index contributed by atoms with van der Waals surface area (Å²) < 4.78 is 11.4. The molecule has 0 aromatic heterocycles. The highest BCUT2D eigenvalue weighted by molar-refractivity contribution is 6.32. The van der Waals surface area contributed by atoms with Crippen LogP contribution in [0.1, 0.15) is 22.3 Å². The predicted molar refractivity (Wildman–Crippen MR) is 117 cm³/mol. The molecule has 0 saturated heterocycles. The van der Waals surface area contributed by atoms with Gasteiger partial charge in [0.25, 0.3) is 0 Å². The van der Waals surface area contributed by atoms with Gasteiger partial charge in [0.2, 0.25) is 0 Å². The summed E-state index contributed by atoms with van der Waals surface area (Å²) in [5.74, 6) is 1.15. The monoisotopic (exact) mass is 415 g/mol. The highest BCUT2D eigenvalue weighted by atomic mass is 35.5. The second-order valence-corrected chi connectivity index (χ2v) is 7.54. The minimum Gasteiger partial charge on any atom is -0.493 e. The third kappa shape index (κ3) is 5.12. The van der Waals surface area contributed by atoms with Crippen molar-refractivity contribution >= 4 is 28.9 Å². The highest BCUT2D eigenvalue weighted by Crippen LogP contribution is 2.37. The van der Waals surface area contributed by atoms with Crippen LogP contribution in [-0.2, 0) is 13.2 Å². The third-order valence-electron chi connectivity index (χ3n) is 4.46. The molecule has 0 saturated carbocycles. The summed E-state index contributed by atoms with van der Waals surface area (Å²) in [6, 6.07) is 17.7. The van der Waals surface area contributed by atoms with Gasteiger partial charge in [-0.15, -0.1) is 0 Å². The van der Waals surface area contributed by atoms with Gasteiger partial charge in [-0.1, -0.05) is 47.5 Å². The van der Waals surface area contributed by atoms with Crippen LogP contribution in [0.4, 0.5) is 5.69 Å². The number of aryl methyl sites for hydroxylation is 2. The molecule has 3 nitrogen and oxygen atoms in total. The summed E-state index contributed by atoms with van der Waals surface area (Å²) in [5, 5.41) is 4.68. The van der Waals surface area contributed by atoms with Crippen molar-refractivity contribution in [3.63, 3.8) is 0 Å². The Morgan fingerprint density at radius 1 is 0.893 bits per heavy atom. The molecule has 0 aliphatic carbocycles. The van der Waals surface area contributed by atoms with Crippen LogP contribution in [0.3, 0.4) is 0 Å². The van der Waals surface area contributed by atoms with E-state index in [0.717, 1.165) is 16.8 Å². The molecule has 146 valence electrons. The average Bonchev–Trinajstić information content (AvgIpc) is 2.68. The molecule has 3 rings (SSSR count). The normalized spacial score (nSPS) is 10.6. The summed E-state index contributed by atoms with van der Waals surface area (Å²) in [7, 11) is 1.61. The van der Waals surface area contributed by atoms with Gasteiger partial charge >= 0.3 is 0 Å². The van der Waals surface area contributed by atoms with E-state index in [4.69, 9.17) is 32.7 Å². The van der Waals surface area contributed by atoms with Gasteiger partial charge in [0, 0.05) is 17.3 Å². The van der Waals surface area contributed by atoms with E-state index >= 15 is 0 Å². The van der Waals surface area contributed by atoms with Crippen molar-refractivity contribution in [3.05, 3.63) is 86.9 Å². The molecule has 0 amide bonds. The molecule has 1 N–H and O–H groups in total. The molecule has 5 heteroatoms. The summed E-state index contributed by atoms with van der Waals surface area (Å²) in [5.41, 5.74) is 5.55. The van der Waals surface area contributed by atoms with E-state index in [-0.39, 0.29) is 0 Å². The number of hydrogen-bond acceptors (Lipinski definition) is 3. The first-order valence-corrected chi connectivity index (χ1v) is 9.76. The van der Waals surface area contributed by atoms with E-state index in [1.807, 2.05) is 36.4 Å². The van der Waals surface area contributed by atoms with Crippen LogP contribution < -0.4 is 14.8 Å². The second-order valence-electron chi connectivity index (χ2n) is 6.70. The Kier molecular flexibility index (Phi) is 6.71. The molecule has 0 atom stereocenters. The highest BCUT2D eigenvalue weighted by Gasteiger charge is 2.13. The van der Waals surface area contributed by atoms with Gasteiger partial charge in [-0.3, -0.25) is 0 Å². The lowest BCUT2D eigenvalue weighted by molar-refractivity contribution is 0.284. The number of halogens is 2. The number of hydrogen-bond donors (Lipinski definition) is 1. The third-order valence-corrected chi connectivity index (χ3v) is 4.99. The van der Waals surface area contributed by atoms with E-state index < -0.39 is 0 Å². The Hall–Kier alpha value is -2.36. The summed E-state index contributed by atoms with van der Waals surface area (Å²) in [4.78, 5) is 0. The van der Waals surface area contributed by atoms with Crippen molar-refractivity contribution in [1.82, 2.24) is 0 Å². The minimum absolute atomic E-state index is 0.382. The van der Waals surface area contributed by atoms with Crippen molar-refractivity contribution in [1.29, 1.82) is 0 Å². The summed E-state index contributed by atoms with van der Waals surface area (Å²) >= 11 is 12.4. The first kappa shape index (κ1) is 20.4. The lowest BCUT2D eigenvalue weighted by atomic mass is 10.1. The van der Waals surface area contributed by atoms with Crippen LogP contribution in [0.2, 0.25) is 10.0 Å².